The summed E-state index contributed by atoms with van der Waals surface area (Å²) >= 11 is 6.44. The molecule has 0 aromatic carbocycles. The molecule has 9 heteroatoms. The van der Waals surface area contributed by atoms with E-state index in [4.69, 9.17) is 20.9 Å². The molecule has 1 amide bonds. The summed E-state index contributed by atoms with van der Waals surface area (Å²) < 4.78 is 12.4. The van der Waals surface area contributed by atoms with Gasteiger partial charge in [0.05, 0.1) is 6.61 Å². The van der Waals surface area contributed by atoms with E-state index in [1.807, 2.05) is 19.9 Å². The number of hydrogen-bond acceptors (Lipinski definition) is 6. The molecule has 3 rings (SSSR count). The van der Waals surface area contributed by atoms with Crippen LogP contribution in [0.15, 0.2) is 10.6 Å². The second kappa shape index (κ2) is 7.55. The summed E-state index contributed by atoms with van der Waals surface area (Å²) in [5.74, 6) is 0.627. The Kier molecular flexibility index (Phi) is 5.41. The molecule has 1 fully saturated rings. The van der Waals surface area contributed by atoms with E-state index in [0.29, 0.717) is 48.5 Å². The van der Waals surface area contributed by atoms with Crippen molar-refractivity contribution >= 4 is 17.5 Å². The summed E-state index contributed by atoms with van der Waals surface area (Å²) in [5, 5.41) is 11.9. The van der Waals surface area contributed by atoms with Crippen LogP contribution in [0, 0.1) is 6.92 Å². The van der Waals surface area contributed by atoms with Gasteiger partial charge in [0.2, 0.25) is 5.91 Å². The molecule has 1 saturated heterocycles. The summed E-state index contributed by atoms with van der Waals surface area (Å²) in [6.07, 6.45) is -0.470. The lowest BCUT2D eigenvalue weighted by atomic mass is 10.1. The zero-order valence-electron chi connectivity index (χ0n) is 14.6. The van der Waals surface area contributed by atoms with Gasteiger partial charge in [-0.15, -0.1) is 0 Å². The number of hydrogen-bond donors (Lipinski definition) is 1. The van der Waals surface area contributed by atoms with Crippen molar-refractivity contribution in [1.82, 2.24) is 25.2 Å². The van der Waals surface area contributed by atoms with Crippen LogP contribution in [0.25, 0.3) is 11.4 Å². The minimum absolute atomic E-state index is 0.0863. The quantitative estimate of drug-likeness (QED) is 0.859. The first-order chi connectivity index (χ1) is 12.0. The van der Waals surface area contributed by atoms with Gasteiger partial charge < -0.3 is 14.6 Å². The molecule has 0 radical (unpaired) electrons. The lowest BCUT2D eigenvalue weighted by Crippen LogP contribution is -2.49. The molecular formula is C16H22ClN5O3. The Bertz CT molecular complexity index is 757. The molecule has 2 aromatic rings. The fraction of sp³-hybridized carbons (Fsp3) is 0.562. The maximum Gasteiger partial charge on any atom is 0.250 e. The van der Waals surface area contributed by atoms with E-state index in [1.165, 1.54) is 0 Å². The van der Waals surface area contributed by atoms with Gasteiger partial charge in [-0.25, -0.2) is 0 Å². The van der Waals surface area contributed by atoms with E-state index < -0.39 is 6.10 Å². The molecule has 0 saturated carbocycles. The summed E-state index contributed by atoms with van der Waals surface area (Å²) in [6, 6.07) is 1.83. The van der Waals surface area contributed by atoms with E-state index >= 15 is 0 Å². The van der Waals surface area contributed by atoms with Crippen LogP contribution >= 0.6 is 11.6 Å². The highest BCUT2D eigenvalue weighted by molar-refractivity contribution is 6.30. The van der Waals surface area contributed by atoms with Gasteiger partial charge in [-0.3, -0.25) is 14.4 Å². The second-order valence-corrected chi connectivity index (χ2v) is 6.41. The van der Waals surface area contributed by atoms with Crippen molar-refractivity contribution in [2.75, 3.05) is 26.2 Å². The number of rotatable bonds is 5. The summed E-state index contributed by atoms with van der Waals surface area (Å²) in [4.78, 5) is 14.2. The fourth-order valence-corrected chi connectivity index (χ4v) is 3.07. The molecule has 0 bridgehead atoms. The molecule has 0 spiro atoms. The maximum absolute atomic E-state index is 12.0. The van der Waals surface area contributed by atoms with Gasteiger partial charge in [-0.1, -0.05) is 16.8 Å². The van der Waals surface area contributed by atoms with Crippen molar-refractivity contribution in [3.63, 3.8) is 0 Å². The average molecular weight is 368 g/mol. The predicted octanol–water partition coefficient (Wildman–Crippen LogP) is 1.37. The Hall–Kier alpha value is -1.90. The molecule has 1 N–H and O–H groups in total. The zero-order chi connectivity index (χ0) is 18.0. The van der Waals surface area contributed by atoms with Crippen molar-refractivity contribution in [1.29, 1.82) is 0 Å². The Morgan fingerprint density at radius 3 is 3.00 bits per heavy atom. The summed E-state index contributed by atoms with van der Waals surface area (Å²) in [7, 11) is 1.79. The van der Waals surface area contributed by atoms with Gasteiger partial charge in [-0.05, 0) is 13.8 Å². The van der Waals surface area contributed by atoms with E-state index in [1.54, 1.807) is 11.7 Å². The highest BCUT2D eigenvalue weighted by Gasteiger charge is 2.28. The number of likely N-dealkylation sites (N-methyl/N-ethyl adjacent to an activating group) is 1. The van der Waals surface area contributed by atoms with Crippen LogP contribution in [0.4, 0.5) is 0 Å². The number of morpholine rings is 1. The topological polar surface area (TPSA) is 85.4 Å². The first-order valence-corrected chi connectivity index (χ1v) is 8.64. The van der Waals surface area contributed by atoms with E-state index in [2.05, 4.69) is 20.5 Å². The zero-order valence-corrected chi connectivity index (χ0v) is 15.3. The lowest BCUT2D eigenvalue weighted by Gasteiger charge is -2.32. The Balaban J connectivity index is 1.79. The summed E-state index contributed by atoms with van der Waals surface area (Å²) in [5.41, 5.74) is 2.22. The Morgan fingerprint density at radius 2 is 2.32 bits per heavy atom. The van der Waals surface area contributed by atoms with Crippen molar-refractivity contribution in [3.8, 4) is 11.4 Å². The molecule has 0 unspecified atom stereocenters. The van der Waals surface area contributed by atoms with Crippen molar-refractivity contribution < 1.29 is 14.1 Å². The largest absolute Gasteiger partial charge is 0.366 e. The average Bonchev–Trinajstić information content (AvgIpc) is 3.14. The van der Waals surface area contributed by atoms with E-state index in [9.17, 15) is 4.79 Å². The number of amides is 1. The highest BCUT2D eigenvalue weighted by Crippen LogP contribution is 2.29. The Morgan fingerprint density at radius 1 is 1.52 bits per heavy atom. The van der Waals surface area contributed by atoms with Crippen LogP contribution in [0.2, 0.25) is 5.15 Å². The number of nitrogens with one attached hydrogen (secondary N) is 1. The van der Waals surface area contributed by atoms with Gasteiger partial charge in [0.1, 0.15) is 28.4 Å². The number of aromatic nitrogens is 3. The third kappa shape index (κ3) is 3.86. The number of halogens is 1. The lowest BCUT2D eigenvalue weighted by molar-refractivity contribution is -0.138. The monoisotopic (exact) mass is 367 g/mol. The van der Waals surface area contributed by atoms with Gasteiger partial charge in [0.25, 0.3) is 0 Å². The minimum atomic E-state index is -0.470. The number of ether oxygens (including phenoxy) is 1. The van der Waals surface area contributed by atoms with Crippen LogP contribution in [0.5, 0.6) is 0 Å². The van der Waals surface area contributed by atoms with Crippen LogP contribution in [0.1, 0.15) is 18.2 Å². The predicted molar refractivity (Wildman–Crippen MR) is 92.2 cm³/mol. The molecule has 8 nitrogen and oxygen atoms in total. The Labute approximate surface area is 151 Å². The molecule has 1 aliphatic heterocycles. The molecule has 1 aliphatic rings. The molecule has 136 valence electrons. The van der Waals surface area contributed by atoms with Gasteiger partial charge in [0, 0.05) is 44.9 Å². The standard InChI is InChI=1S/C16H22ClN5O3/c1-4-18-16(23)13-9-22(5-6-24-13)8-11-14(19-21(3)15(11)17)12-7-10(2)25-20-12/h7,13H,4-6,8-9H2,1-3H3,(H,18,23)/t13-/m0/s1. The number of aryl methyl sites for hydroxylation is 2. The first-order valence-electron chi connectivity index (χ1n) is 8.26. The van der Waals surface area contributed by atoms with Crippen molar-refractivity contribution in [2.45, 2.75) is 26.5 Å². The van der Waals surface area contributed by atoms with E-state index in [-0.39, 0.29) is 5.91 Å². The molecule has 1 atom stereocenters. The van der Waals surface area contributed by atoms with Crippen LogP contribution in [-0.4, -0.2) is 58.1 Å². The minimum Gasteiger partial charge on any atom is -0.366 e. The smallest absolute Gasteiger partial charge is 0.250 e. The van der Waals surface area contributed by atoms with Crippen LogP contribution in [0.3, 0.4) is 0 Å². The fourth-order valence-electron chi connectivity index (χ4n) is 2.89. The van der Waals surface area contributed by atoms with Crippen LogP contribution < -0.4 is 5.32 Å². The second-order valence-electron chi connectivity index (χ2n) is 6.05. The third-order valence-electron chi connectivity index (χ3n) is 4.12. The molecule has 3 heterocycles. The highest BCUT2D eigenvalue weighted by atomic mass is 35.5. The number of carbonyl (C=O) groups is 1. The normalized spacial score (nSPS) is 18.5. The summed E-state index contributed by atoms with van der Waals surface area (Å²) in [6.45, 7) is 6.60. The third-order valence-corrected chi connectivity index (χ3v) is 4.59. The first kappa shape index (κ1) is 17.9. The van der Waals surface area contributed by atoms with Gasteiger partial charge in [0.15, 0.2) is 0 Å². The van der Waals surface area contributed by atoms with Crippen molar-refractivity contribution in [3.05, 3.63) is 22.5 Å². The molecule has 2 aromatic heterocycles. The molecule has 0 aliphatic carbocycles. The maximum atomic E-state index is 12.0. The van der Waals surface area contributed by atoms with Gasteiger partial charge in [-0.2, -0.15) is 5.10 Å². The SMILES string of the molecule is CCNC(=O)[C@@H]1CN(Cc2c(-c3cc(C)on3)nn(C)c2Cl)CCO1. The van der Waals surface area contributed by atoms with Gasteiger partial charge >= 0.3 is 0 Å². The molecular weight excluding hydrogens is 346 g/mol. The molecule has 25 heavy (non-hydrogen) atoms. The van der Waals surface area contributed by atoms with Crippen molar-refractivity contribution in [2.24, 2.45) is 7.05 Å². The number of carbonyl (C=O) groups excluding carboxylic acids is 1. The van der Waals surface area contributed by atoms with Crippen LogP contribution in [-0.2, 0) is 23.1 Å². The van der Waals surface area contributed by atoms with E-state index in [0.717, 1.165) is 12.1 Å². The number of nitrogens with zero attached hydrogens (tertiary/aromatic N) is 4.